The van der Waals surface area contributed by atoms with Crippen molar-refractivity contribution in [3.05, 3.63) is 82.6 Å². The predicted molar refractivity (Wildman–Crippen MR) is 128 cm³/mol. The van der Waals surface area contributed by atoms with Crippen LogP contribution in [0.25, 0.3) is 32.6 Å². The summed E-state index contributed by atoms with van der Waals surface area (Å²) < 4.78 is 13.2. The van der Waals surface area contributed by atoms with E-state index in [1.54, 1.807) is 6.92 Å². The van der Waals surface area contributed by atoms with Gasteiger partial charge in [0.25, 0.3) is 5.91 Å². The number of phenolic OH excluding ortho intramolecular Hbond substituents is 1. The third-order valence-corrected chi connectivity index (χ3v) is 5.96. The van der Waals surface area contributed by atoms with Crippen LogP contribution in [0, 0.1) is 12.7 Å². The average Bonchev–Trinajstić information content (AvgIpc) is 3.16. The van der Waals surface area contributed by atoms with Crippen molar-refractivity contribution >= 4 is 61.8 Å². The standard InChI is InChI=1S/C25H17ClFN3O3/c1-12-21-13(6-8-16-15-4-2-3-5-19(15)28-22(16)21)10-17(23(12)31)24(32)30-25(33)29-20-9-7-14(27)11-18(20)26/h2-11,28,31H,1H3,(H2,29,30,32,33). The van der Waals surface area contributed by atoms with E-state index in [0.717, 1.165) is 44.7 Å². The first kappa shape index (κ1) is 20.8. The molecule has 0 fully saturated rings. The molecule has 4 aromatic carbocycles. The summed E-state index contributed by atoms with van der Waals surface area (Å²) >= 11 is 5.91. The lowest BCUT2D eigenvalue weighted by Crippen LogP contribution is -2.34. The zero-order valence-electron chi connectivity index (χ0n) is 17.3. The SMILES string of the molecule is Cc1c(O)c(C(=O)NC(=O)Nc2ccc(F)cc2Cl)cc2ccc3c4ccccc4[nH]c3c12. The highest BCUT2D eigenvalue weighted by Crippen LogP contribution is 2.37. The summed E-state index contributed by atoms with van der Waals surface area (Å²) in [5.74, 6) is -1.56. The number of imide groups is 1. The molecule has 0 aliphatic carbocycles. The molecule has 33 heavy (non-hydrogen) atoms. The van der Waals surface area contributed by atoms with Crippen molar-refractivity contribution < 1.29 is 19.1 Å². The molecule has 0 radical (unpaired) electrons. The highest BCUT2D eigenvalue weighted by atomic mass is 35.5. The number of aryl methyl sites for hydroxylation is 1. The Morgan fingerprint density at radius 3 is 2.61 bits per heavy atom. The van der Waals surface area contributed by atoms with Gasteiger partial charge in [-0.15, -0.1) is 0 Å². The monoisotopic (exact) mass is 461 g/mol. The van der Waals surface area contributed by atoms with Crippen molar-refractivity contribution in [1.29, 1.82) is 0 Å². The number of aromatic amines is 1. The number of rotatable bonds is 2. The maximum atomic E-state index is 13.2. The number of amides is 3. The minimum atomic E-state index is -0.864. The maximum absolute atomic E-state index is 13.2. The van der Waals surface area contributed by atoms with E-state index in [1.165, 1.54) is 12.1 Å². The van der Waals surface area contributed by atoms with Crippen LogP contribution in [0.15, 0.2) is 60.7 Å². The number of hydrogen-bond donors (Lipinski definition) is 4. The molecule has 4 N–H and O–H groups in total. The Labute approximate surface area is 192 Å². The number of urea groups is 1. The lowest BCUT2D eigenvalue weighted by atomic mass is 9.97. The summed E-state index contributed by atoms with van der Waals surface area (Å²) in [5, 5.41) is 19.0. The van der Waals surface area contributed by atoms with Crippen molar-refractivity contribution in [2.75, 3.05) is 5.32 Å². The van der Waals surface area contributed by atoms with Gasteiger partial charge < -0.3 is 15.4 Å². The second-order valence-electron chi connectivity index (χ2n) is 7.69. The lowest BCUT2D eigenvalue weighted by Gasteiger charge is -2.13. The van der Waals surface area contributed by atoms with Gasteiger partial charge in [-0.3, -0.25) is 10.1 Å². The van der Waals surface area contributed by atoms with E-state index in [-0.39, 0.29) is 22.0 Å². The first-order valence-corrected chi connectivity index (χ1v) is 10.4. The quantitative estimate of drug-likeness (QED) is 0.250. The van der Waals surface area contributed by atoms with Crippen LogP contribution in [0.1, 0.15) is 15.9 Å². The van der Waals surface area contributed by atoms with Crippen molar-refractivity contribution in [3.63, 3.8) is 0 Å². The van der Waals surface area contributed by atoms with Crippen LogP contribution < -0.4 is 10.6 Å². The van der Waals surface area contributed by atoms with Crippen LogP contribution >= 0.6 is 11.6 Å². The Bertz CT molecular complexity index is 1610. The molecule has 0 unspecified atom stereocenters. The van der Waals surface area contributed by atoms with E-state index in [4.69, 9.17) is 11.6 Å². The molecule has 8 heteroatoms. The van der Waals surface area contributed by atoms with E-state index >= 15 is 0 Å². The van der Waals surface area contributed by atoms with Gasteiger partial charge in [0.2, 0.25) is 0 Å². The third kappa shape index (κ3) is 3.52. The van der Waals surface area contributed by atoms with Gasteiger partial charge in [0.15, 0.2) is 0 Å². The minimum Gasteiger partial charge on any atom is -0.507 e. The summed E-state index contributed by atoms with van der Waals surface area (Å²) in [6, 6.07) is 15.9. The van der Waals surface area contributed by atoms with Crippen molar-refractivity contribution in [2.24, 2.45) is 0 Å². The van der Waals surface area contributed by atoms with Gasteiger partial charge >= 0.3 is 6.03 Å². The summed E-state index contributed by atoms with van der Waals surface area (Å²) in [6.07, 6.45) is 0. The van der Waals surface area contributed by atoms with Gasteiger partial charge in [-0.1, -0.05) is 41.9 Å². The van der Waals surface area contributed by atoms with Gasteiger partial charge in [0, 0.05) is 27.2 Å². The van der Waals surface area contributed by atoms with E-state index in [9.17, 15) is 19.1 Å². The molecule has 0 saturated heterocycles. The Kier molecular flexibility index (Phi) is 4.91. The molecule has 0 atom stereocenters. The number of carbonyl (C=O) groups excluding carboxylic acids is 2. The number of phenols is 1. The molecule has 6 nitrogen and oxygen atoms in total. The third-order valence-electron chi connectivity index (χ3n) is 5.65. The van der Waals surface area contributed by atoms with Gasteiger partial charge in [-0.25, -0.2) is 9.18 Å². The predicted octanol–water partition coefficient (Wildman–Crippen LogP) is 6.24. The molecule has 1 heterocycles. The number of fused-ring (bicyclic) bond motifs is 5. The van der Waals surface area contributed by atoms with Crippen molar-refractivity contribution in [3.8, 4) is 5.75 Å². The highest BCUT2D eigenvalue weighted by molar-refractivity contribution is 6.33. The molecule has 5 rings (SSSR count). The molecular formula is C25H17ClFN3O3. The Morgan fingerprint density at radius 2 is 1.82 bits per heavy atom. The Balaban J connectivity index is 1.50. The zero-order chi connectivity index (χ0) is 23.3. The molecule has 5 aromatic rings. The lowest BCUT2D eigenvalue weighted by molar-refractivity contribution is 0.0964. The van der Waals surface area contributed by atoms with Crippen LogP contribution in [0.5, 0.6) is 5.75 Å². The van der Waals surface area contributed by atoms with E-state index < -0.39 is 17.8 Å². The summed E-state index contributed by atoms with van der Waals surface area (Å²) in [7, 11) is 0. The van der Waals surface area contributed by atoms with Crippen LogP contribution in [0.4, 0.5) is 14.9 Å². The van der Waals surface area contributed by atoms with Crippen molar-refractivity contribution in [1.82, 2.24) is 10.3 Å². The average molecular weight is 462 g/mol. The minimum absolute atomic E-state index is 0.00986. The first-order chi connectivity index (χ1) is 15.8. The fourth-order valence-corrected chi connectivity index (χ4v) is 4.31. The number of aromatic hydroxyl groups is 1. The first-order valence-electron chi connectivity index (χ1n) is 10.1. The molecule has 0 spiro atoms. The molecular weight excluding hydrogens is 445 g/mol. The molecule has 0 bridgehead atoms. The van der Waals surface area contributed by atoms with Crippen LogP contribution in [-0.4, -0.2) is 22.0 Å². The Hall–Kier alpha value is -4.10. The molecule has 0 aliphatic rings. The second-order valence-corrected chi connectivity index (χ2v) is 8.09. The fraction of sp³-hybridized carbons (Fsp3) is 0.0400. The number of benzene rings is 4. The zero-order valence-corrected chi connectivity index (χ0v) is 18.0. The molecule has 0 saturated carbocycles. The summed E-state index contributed by atoms with van der Waals surface area (Å²) in [4.78, 5) is 28.4. The van der Waals surface area contributed by atoms with Gasteiger partial charge in [0.05, 0.1) is 21.8 Å². The number of aromatic nitrogens is 1. The maximum Gasteiger partial charge on any atom is 0.326 e. The van der Waals surface area contributed by atoms with Crippen molar-refractivity contribution in [2.45, 2.75) is 6.92 Å². The summed E-state index contributed by atoms with van der Waals surface area (Å²) in [6.45, 7) is 1.72. The highest BCUT2D eigenvalue weighted by Gasteiger charge is 2.20. The molecule has 0 aliphatic heterocycles. The molecule has 164 valence electrons. The van der Waals surface area contributed by atoms with E-state index in [2.05, 4.69) is 15.6 Å². The van der Waals surface area contributed by atoms with Gasteiger partial charge in [0.1, 0.15) is 11.6 Å². The fourth-order valence-electron chi connectivity index (χ4n) is 4.09. The number of H-pyrrole nitrogens is 1. The molecule has 1 aromatic heterocycles. The summed E-state index contributed by atoms with van der Waals surface area (Å²) in [5.41, 5.74) is 2.44. The van der Waals surface area contributed by atoms with Crippen LogP contribution in [0.2, 0.25) is 5.02 Å². The number of para-hydroxylation sites is 1. The topological polar surface area (TPSA) is 94.2 Å². The number of carbonyl (C=O) groups is 2. The Morgan fingerprint density at radius 1 is 1.03 bits per heavy atom. The smallest absolute Gasteiger partial charge is 0.326 e. The number of anilines is 1. The second kappa shape index (κ2) is 7.79. The number of nitrogens with one attached hydrogen (secondary N) is 3. The van der Waals surface area contributed by atoms with E-state index in [0.29, 0.717) is 5.56 Å². The largest absolute Gasteiger partial charge is 0.507 e. The van der Waals surface area contributed by atoms with Crippen LogP contribution in [0.3, 0.4) is 0 Å². The number of hydrogen-bond acceptors (Lipinski definition) is 3. The van der Waals surface area contributed by atoms with Gasteiger partial charge in [-0.05, 0) is 42.6 Å². The number of halogens is 2. The molecule has 3 amide bonds. The normalized spacial score (nSPS) is 11.2. The van der Waals surface area contributed by atoms with E-state index in [1.807, 2.05) is 36.4 Å². The van der Waals surface area contributed by atoms with Gasteiger partial charge in [-0.2, -0.15) is 0 Å². The van der Waals surface area contributed by atoms with Crippen LogP contribution in [-0.2, 0) is 0 Å².